The van der Waals surface area contributed by atoms with E-state index in [0.29, 0.717) is 5.56 Å². The lowest BCUT2D eigenvalue weighted by molar-refractivity contribution is -0.152. The SMILES string of the molecule is O=C(O)[C@H]1NCCN(C(=O)c2ccc(Br)cc2)[C@@H]1C(=O)O. The van der Waals surface area contributed by atoms with Crippen molar-refractivity contribution in [3.63, 3.8) is 0 Å². The van der Waals surface area contributed by atoms with E-state index < -0.39 is 29.9 Å². The number of benzene rings is 1. The van der Waals surface area contributed by atoms with Crippen LogP contribution in [-0.4, -0.2) is 58.1 Å². The van der Waals surface area contributed by atoms with E-state index in [9.17, 15) is 19.5 Å². The van der Waals surface area contributed by atoms with E-state index in [1.807, 2.05) is 0 Å². The van der Waals surface area contributed by atoms with Crippen molar-refractivity contribution < 1.29 is 24.6 Å². The van der Waals surface area contributed by atoms with E-state index in [-0.39, 0.29) is 13.1 Å². The average Bonchev–Trinajstić information content (AvgIpc) is 2.46. The Morgan fingerprint density at radius 3 is 2.29 bits per heavy atom. The second kappa shape index (κ2) is 6.23. The van der Waals surface area contributed by atoms with Crippen molar-refractivity contribution in [1.82, 2.24) is 10.2 Å². The summed E-state index contributed by atoms with van der Waals surface area (Å²) in [6, 6.07) is 3.69. The molecule has 3 N–H and O–H groups in total. The molecule has 0 saturated carbocycles. The Bertz CT molecular complexity index is 574. The summed E-state index contributed by atoms with van der Waals surface area (Å²) in [4.78, 5) is 36.0. The number of nitrogens with one attached hydrogen (secondary N) is 1. The normalized spacial score (nSPS) is 21.9. The fourth-order valence-electron chi connectivity index (χ4n) is 2.26. The number of hydrogen-bond acceptors (Lipinski definition) is 4. The van der Waals surface area contributed by atoms with Crippen molar-refractivity contribution in [2.75, 3.05) is 13.1 Å². The number of carbonyl (C=O) groups is 3. The van der Waals surface area contributed by atoms with Crippen LogP contribution in [0.5, 0.6) is 0 Å². The lowest BCUT2D eigenvalue weighted by Gasteiger charge is -2.37. The molecule has 0 unspecified atom stereocenters. The number of carbonyl (C=O) groups excluding carboxylic acids is 1. The van der Waals surface area contributed by atoms with Crippen molar-refractivity contribution in [3.05, 3.63) is 34.3 Å². The molecule has 2 rings (SSSR count). The minimum absolute atomic E-state index is 0.135. The molecule has 1 aliphatic heterocycles. The predicted molar refractivity (Wildman–Crippen MR) is 76.0 cm³/mol. The van der Waals surface area contributed by atoms with Gasteiger partial charge in [-0.1, -0.05) is 15.9 Å². The van der Waals surface area contributed by atoms with Crippen LogP contribution in [-0.2, 0) is 9.59 Å². The number of aliphatic carboxylic acids is 2. The first-order chi connectivity index (χ1) is 9.91. The maximum atomic E-state index is 12.4. The molecule has 8 heteroatoms. The van der Waals surface area contributed by atoms with Crippen LogP contribution in [0.4, 0.5) is 0 Å². The van der Waals surface area contributed by atoms with Crippen molar-refractivity contribution in [3.8, 4) is 0 Å². The molecule has 0 spiro atoms. The van der Waals surface area contributed by atoms with Gasteiger partial charge in [0.05, 0.1) is 0 Å². The summed E-state index contributed by atoms with van der Waals surface area (Å²) in [6.45, 7) is 0.360. The number of hydrogen-bond donors (Lipinski definition) is 3. The molecule has 1 aromatic rings. The molecule has 1 heterocycles. The van der Waals surface area contributed by atoms with Crippen LogP contribution in [0.3, 0.4) is 0 Å². The lowest BCUT2D eigenvalue weighted by Crippen LogP contribution is -2.65. The zero-order valence-corrected chi connectivity index (χ0v) is 12.4. The number of nitrogens with zero attached hydrogens (tertiary/aromatic N) is 1. The third-order valence-corrected chi connectivity index (χ3v) is 3.77. The number of carboxylic acid groups (broad SMARTS) is 2. The molecule has 1 amide bonds. The maximum absolute atomic E-state index is 12.4. The highest BCUT2D eigenvalue weighted by Gasteiger charge is 2.43. The smallest absolute Gasteiger partial charge is 0.328 e. The summed E-state index contributed by atoms with van der Waals surface area (Å²) in [5.41, 5.74) is 0.315. The molecule has 21 heavy (non-hydrogen) atoms. The maximum Gasteiger partial charge on any atom is 0.328 e. The van der Waals surface area contributed by atoms with Gasteiger partial charge in [0.25, 0.3) is 5.91 Å². The van der Waals surface area contributed by atoms with Gasteiger partial charge in [0.15, 0.2) is 6.04 Å². The second-order valence-corrected chi connectivity index (χ2v) is 5.47. The van der Waals surface area contributed by atoms with Gasteiger partial charge < -0.3 is 20.4 Å². The Morgan fingerprint density at radius 1 is 1.14 bits per heavy atom. The highest BCUT2D eigenvalue weighted by Crippen LogP contribution is 2.17. The summed E-state index contributed by atoms with van der Waals surface area (Å²) in [5, 5.41) is 21.0. The van der Waals surface area contributed by atoms with Gasteiger partial charge in [0.1, 0.15) is 6.04 Å². The quantitative estimate of drug-likeness (QED) is 0.723. The first kappa shape index (κ1) is 15.5. The summed E-state index contributed by atoms with van der Waals surface area (Å²) in [6.07, 6.45) is 0. The molecule has 1 fully saturated rings. The molecular weight excluding hydrogens is 344 g/mol. The van der Waals surface area contributed by atoms with E-state index >= 15 is 0 Å². The van der Waals surface area contributed by atoms with Gasteiger partial charge in [-0.2, -0.15) is 0 Å². The largest absolute Gasteiger partial charge is 0.480 e. The Kier molecular flexibility index (Phi) is 4.59. The Balaban J connectivity index is 2.31. The fourth-order valence-corrected chi connectivity index (χ4v) is 2.52. The summed E-state index contributed by atoms with van der Waals surface area (Å²) < 4.78 is 0.789. The Hall–Kier alpha value is -1.93. The monoisotopic (exact) mass is 356 g/mol. The number of rotatable bonds is 3. The molecular formula is C13H13BrN2O5. The molecule has 1 aliphatic rings. The second-order valence-electron chi connectivity index (χ2n) is 4.56. The Morgan fingerprint density at radius 2 is 1.76 bits per heavy atom. The topological polar surface area (TPSA) is 107 Å². The number of piperazine rings is 1. The van der Waals surface area contributed by atoms with Crippen molar-refractivity contribution in [1.29, 1.82) is 0 Å². The van der Waals surface area contributed by atoms with Gasteiger partial charge in [-0.15, -0.1) is 0 Å². The average molecular weight is 357 g/mol. The first-order valence-corrected chi connectivity index (χ1v) is 6.96. The van der Waals surface area contributed by atoms with Gasteiger partial charge >= 0.3 is 11.9 Å². The van der Waals surface area contributed by atoms with Crippen LogP contribution in [0.2, 0.25) is 0 Å². The molecule has 7 nitrogen and oxygen atoms in total. The molecule has 0 aromatic heterocycles. The number of halogens is 1. The van der Waals surface area contributed by atoms with Crippen LogP contribution in [0.25, 0.3) is 0 Å². The summed E-state index contributed by atoms with van der Waals surface area (Å²) >= 11 is 3.25. The van der Waals surface area contributed by atoms with Crippen molar-refractivity contribution in [2.45, 2.75) is 12.1 Å². The minimum Gasteiger partial charge on any atom is -0.480 e. The van der Waals surface area contributed by atoms with E-state index in [1.54, 1.807) is 24.3 Å². The van der Waals surface area contributed by atoms with E-state index in [2.05, 4.69) is 21.2 Å². The predicted octanol–water partition coefficient (Wildman–Crippen LogP) is 0.401. The molecule has 0 radical (unpaired) electrons. The van der Waals surface area contributed by atoms with Crippen LogP contribution in [0, 0.1) is 0 Å². The zero-order chi connectivity index (χ0) is 15.6. The number of carboxylic acids is 2. The van der Waals surface area contributed by atoms with Gasteiger partial charge in [0.2, 0.25) is 0 Å². The minimum atomic E-state index is -1.44. The van der Waals surface area contributed by atoms with Crippen LogP contribution >= 0.6 is 15.9 Å². The third kappa shape index (κ3) is 3.22. The van der Waals surface area contributed by atoms with Crippen LogP contribution in [0.15, 0.2) is 28.7 Å². The molecule has 0 aliphatic carbocycles. The summed E-state index contributed by atoms with van der Waals surface area (Å²) in [7, 11) is 0. The van der Waals surface area contributed by atoms with Crippen molar-refractivity contribution >= 4 is 33.8 Å². The van der Waals surface area contributed by atoms with E-state index in [4.69, 9.17) is 5.11 Å². The Labute approximate surface area is 128 Å². The molecule has 1 saturated heterocycles. The molecule has 112 valence electrons. The number of amides is 1. The molecule has 2 atom stereocenters. The fraction of sp³-hybridized carbons (Fsp3) is 0.308. The van der Waals surface area contributed by atoms with Gasteiger partial charge in [-0.25, -0.2) is 4.79 Å². The van der Waals surface area contributed by atoms with Crippen LogP contribution < -0.4 is 5.32 Å². The van der Waals surface area contributed by atoms with Gasteiger partial charge in [-0.3, -0.25) is 9.59 Å². The highest BCUT2D eigenvalue weighted by atomic mass is 79.9. The molecule has 0 bridgehead atoms. The molecule has 1 aromatic carbocycles. The van der Waals surface area contributed by atoms with Gasteiger partial charge in [-0.05, 0) is 24.3 Å². The van der Waals surface area contributed by atoms with Gasteiger partial charge in [0, 0.05) is 23.1 Å². The van der Waals surface area contributed by atoms with Crippen LogP contribution in [0.1, 0.15) is 10.4 Å². The standard InChI is InChI=1S/C13H13BrN2O5/c14-8-3-1-7(2-4-8)11(17)16-6-5-15-9(12(18)19)10(16)13(20)21/h1-4,9-10,15H,5-6H2,(H,18,19)(H,20,21)/t9-,10-/m0/s1. The highest BCUT2D eigenvalue weighted by molar-refractivity contribution is 9.10. The lowest BCUT2D eigenvalue weighted by atomic mass is 10.0. The zero-order valence-electron chi connectivity index (χ0n) is 10.8. The van der Waals surface area contributed by atoms with E-state index in [1.165, 1.54) is 0 Å². The van der Waals surface area contributed by atoms with E-state index in [0.717, 1.165) is 9.37 Å². The first-order valence-electron chi connectivity index (χ1n) is 6.17. The van der Waals surface area contributed by atoms with Crippen molar-refractivity contribution in [2.24, 2.45) is 0 Å². The summed E-state index contributed by atoms with van der Waals surface area (Å²) in [5.74, 6) is -3.14. The third-order valence-electron chi connectivity index (χ3n) is 3.24.